The molecule has 17 heavy (non-hydrogen) atoms. The Morgan fingerprint density at radius 1 is 1.53 bits per heavy atom. The molecule has 1 unspecified atom stereocenters. The monoisotopic (exact) mass is 232 g/mol. The summed E-state index contributed by atoms with van der Waals surface area (Å²) >= 11 is 0. The number of ether oxygens (including phenoxy) is 1. The Labute approximate surface area is 104 Å². The Bertz CT molecular complexity index is 396. The van der Waals surface area contributed by atoms with Crippen LogP contribution < -0.4 is 10.1 Å². The van der Waals surface area contributed by atoms with Gasteiger partial charge in [-0.05, 0) is 13.3 Å². The maximum atomic E-state index is 5.32. The minimum absolute atomic E-state index is 0.355. The molecule has 0 aromatic carbocycles. The van der Waals surface area contributed by atoms with Crippen molar-refractivity contribution in [2.45, 2.75) is 39.3 Å². The number of nitrogens with zero attached hydrogens (tertiary/aromatic N) is 1. The summed E-state index contributed by atoms with van der Waals surface area (Å²) in [5.41, 5.74) is 1.95. The summed E-state index contributed by atoms with van der Waals surface area (Å²) < 4.78 is 5.22. The van der Waals surface area contributed by atoms with Crippen molar-refractivity contribution in [3.8, 4) is 18.1 Å². The predicted octanol–water partition coefficient (Wildman–Crippen LogP) is 2.29. The molecule has 0 spiro atoms. The third-order valence-electron chi connectivity index (χ3n) is 2.64. The molecule has 3 heteroatoms. The van der Waals surface area contributed by atoms with Gasteiger partial charge in [-0.15, -0.1) is 12.3 Å². The fraction of sp³-hybridized carbons (Fsp3) is 0.500. The van der Waals surface area contributed by atoms with Gasteiger partial charge in [-0.1, -0.05) is 6.92 Å². The molecule has 0 aliphatic carbocycles. The normalized spacial score (nSPS) is 11.9. The second-order valence-electron chi connectivity index (χ2n) is 4.03. The van der Waals surface area contributed by atoms with Crippen LogP contribution in [-0.4, -0.2) is 18.1 Å². The first-order chi connectivity index (χ1) is 8.19. The number of nitrogens with one attached hydrogen (secondary N) is 1. The summed E-state index contributed by atoms with van der Waals surface area (Å²) in [5, 5.41) is 3.40. The maximum Gasteiger partial charge on any atom is 0.122 e. The van der Waals surface area contributed by atoms with Gasteiger partial charge in [0.15, 0.2) is 0 Å². The van der Waals surface area contributed by atoms with E-state index in [9.17, 15) is 0 Å². The molecule has 0 aliphatic rings. The number of terminal acetylenes is 1. The standard InChI is InChI=1S/C14H20N2O/c1-5-7-12(6-2)15-10-13-9-14(17-4)8-11(3)16-13/h1,8-9,12,15H,6-7,10H2,2-4H3. The van der Waals surface area contributed by atoms with Crippen LogP contribution in [0.3, 0.4) is 0 Å². The van der Waals surface area contributed by atoms with Crippen molar-refractivity contribution >= 4 is 0 Å². The van der Waals surface area contributed by atoms with E-state index in [1.807, 2.05) is 19.1 Å². The van der Waals surface area contributed by atoms with E-state index in [2.05, 4.69) is 23.1 Å². The zero-order chi connectivity index (χ0) is 12.7. The Balaban J connectivity index is 2.62. The third kappa shape index (κ3) is 4.46. The second kappa shape index (κ2) is 6.93. The van der Waals surface area contributed by atoms with Crippen LogP contribution in [0.15, 0.2) is 12.1 Å². The molecule has 0 radical (unpaired) electrons. The molecule has 1 rings (SSSR count). The summed E-state index contributed by atoms with van der Waals surface area (Å²) in [4.78, 5) is 4.45. The molecular formula is C14H20N2O. The molecular weight excluding hydrogens is 212 g/mol. The topological polar surface area (TPSA) is 34.1 Å². The smallest absolute Gasteiger partial charge is 0.122 e. The lowest BCUT2D eigenvalue weighted by Crippen LogP contribution is -2.27. The molecule has 1 aromatic heterocycles. The Hall–Kier alpha value is -1.53. The van der Waals surface area contributed by atoms with Crippen LogP contribution in [-0.2, 0) is 6.54 Å². The van der Waals surface area contributed by atoms with Crippen molar-refractivity contribution in [2.75, 3.05) is 7.11 Å². The number of pyridine rings is 1. The highest BCUT2D eigenvalue weighted by atomic mass is 16.5. The summed E-state index contributed by atoms with van der Waals surface area (Å²) in [6, 6.07) is 4.22. The molecule has 3 nitrogen and oxygen atoms in total. The van der Waals surface area contributed by atoms with Gasteiger partial charge in [0.1, 0.15) is 5.75 Å². The first kappa shape index (κ1) is 13.5. The molecule has 1 aromatic rings. The predicted molar refractivity (Wildman–Crippen MR) is 69.9 cm³/mol. The lowest BCUT2D eigenvalue weighted by molar-refractivity contribution is 0.412. The molecule has 1 atom stereocenters. The SMILES string of the molecule is C#CCC(CC)NCc1cc(OC)cc(C)n1. The third-order valence-corrected chi connectivity index (χ3v) is 2.64. The van der Waals surface area contributed by atoms with Gasteiger partial charge < -0.3 is 10.1 Å². The molecule has 92 valence electrons. The highest BCUT2D eigenvalue weighted by Crippen LogP contribution is 2.13. The minimum atomic E-state index is 0.355. The quantitative estimate of drug-likeness (QED) is 0.764. The van der Waals surface area contributed by atoms with E-state index in [0.717, 1.165) is 36.5 Å². The van der Waals surface area contributed by atoms with Gasteiger partial charge >= 0.3 is 0 Å². The Kier molecular flexibility index (Phi) is 5.51. The molecule has 0 aliphatic heterocycles. The van der Waals surface area contributed by atoms with Crippen molar-refractivity contribution in [1.29, 1.82) is 0 Å². The largest absolute Gasteiger partial charge is 0.497 e. The van der Waals surface area contributed by atoms with Crippen molar-refractivity contribution in [2.24, 2.45) is 0 Å². The van der Waals surface area contributed by atoms with E-state index < -0.39 is 0 Å². The minimum Gasteiger partial charge on any atom is -0.497 e. The molecule has 0 fully saturated rings. The molecule has 0 amide bonds. The van der Waals surface area contributed by atoms with E-state index >= 15 is 0 Å². The van der Waals surface area contributed by atoms with E-state index in [4.69, 9.17) is 11.2 Å². The van der Waals surface area contributed by atoms with Gasteiger partial charge in [-0.25, -0.2) is 0 Å². The van der Waals surface area contributed by atoms with Crippen molar-refractivity contribution < 1.29 is 4.74 Å². The number of methoxy groups -OCH3 is 1. The first-order valence-electron chi connectivity index (χ1n) is 5.88. The summed E-state index contributed by atoms with van der Waals surface area (Å²) in [6.45, 7) is 4.81. The second-order valence-corrected chi connectivity index (χ2v) is 4.03. The van der Waals surface area contributed by atoms with Gasteiger partial charge in [-0.3, -0.25) is 4.98 Å². The van der Waals surface area contributed by atoms with E-state index in [1.165, 1.54) is 0 Å². The lowest BCUT2D eigenvalue weighted by atomic mass is 10.1. The summed E-state index contributed by atoms with van der Waals surface area (Å²) in [7, 11) is 1.67. The van der Waals surface area contributed by atoms with Crippen LogP contribution in [0.1, 0.15) is 31.2 Å². The van der Waals surface area contributed by atoms with Crippen LogP contribution in [0.5, 0.6) is 5.75 Å². The molecule has 1 heterocycles. The first-order valence-corrected chi connectivity index (χ1v) is 5.88. The molecule has 0 saturated carbocycles. The van der Waals surface area contributed by atoms with E-state index in [-0.39, 0.29) is 0 Å². The van der Waals surface area contributed by atoms with Gasteiger partial charge in [0.25, 0.3) is 0 Å². The fourth-order valence-corrected chi connectivity index (χ4v) is 1.66. The number of aryl methyl sites for hydroxylation is 1. The van der Waals surface area contributed by atoms with Gasteiger partial charge in [0.05, 0.1) is 12.8 Å². The van der Waals surface area contributed by atoms with Crippen molar-refractivity contribution in [3.63, 3.8) is 0 Å². The van der Waals surface area contributed by atoms with Crippen LogP contribution in [0.2, 0.25) is 0 Å². The highest BCUT2D eigenvalue weighted by Gasteiger charge is 2.05. The van der Waals surface area contributed by atoms with Gasteiger partial charge in [0.2, 0.25) is 0 Å². The Morgan fingerprint density at radius 2 is 2.29 bits per heavy atom. The van der Waals surface area contributed by atoms with Crippen molar-refractivity contribution in [1.82, 2.24) is 10.3 Å². The van der Waals surface area contributed by atoms with Crippen LogP contribution in [0.25, 0.3) is 0 Å². The highest BCUT2D eigenvalue weighted by molar-refractivity contribution is 5.26. The van der Waals surface area contributed by atoms with Gasteiger partial charge in [-0.2, -0.15) is 0 Å². The maximum absolute atomic E-state index is 5.32. The average Bonchev–Trinajstić information content (AvgIpc) is 2.33. The fourth-order valence-electron chi connectivity index (χ4n) is 1.66. The zero-order valence-electron chi connectivity index (χ0n) is 10.8. The number of rotatable bonds is 6. The van der Waals surface area contributed by atoms with Crippen LogP contribution in [0.4, 0.5) is 0 Å². The van der Waals surface area contributed by atoms with Crippen LogP contribution >= 0.6 is 0 Å². The van der Waals surface area contributed by atoms with Crippen LogP contribution in [0, 0.1) is 19.3 Å². The molecule has 1 N–H and O–H groups in total. The number of aromatic nitrogens is 1. The number of hydrogen-bond donors (Lipinski definition) is 1. The lowest BCUT2D eigenvalue weighted by Gasteiger charge is -2.14. The molecule has 0 bridgehead atoms. The average molecular weight is 232 g/mol. The van der Waals surface area contributed by atoms with E-state index in [1.54, 1.807) is 7.11 Å². The summed E-state index contributed by atoms with van der Waals surface area (Å²) in [5.74, 6) is 3.53. The summed E-state index contributed by atoms with van der Waals surface area (Å²) in [6.07, 6.45) is 7.09. The Morgan fingerprint density at radius 3 is 2.88 bits per heavy atom. The molecule has 0 saturated heterocycles. The van der Waals surface area contributed by atoms with Gasteiger partial charge in [0, 0.05) is 36.8 Å². The number of hydrogen-bond acceptors (Lipinski definition) is 3. The van der Waals surface area contributed by atoms with E-state index in [0.29, 0.717) is 6.04 Å². The zero-order valence-corrected chi connectivity index (χ0v) is 10.8. The van der Waals surface area contributed by atoms with Crippen molar-refractivity contribution in [3.05, 3.63) is 23.5 Å².